The van der Waals surface area contributed by atoms with Crippen LogP contribution in [-0.4, -0.2) is 4.98 Å². The molecular formula is C34H37N2S+. The molecule has 188 valence electrons. The van der Waals surface area contributed by atoms with E-state index in [4.69, 9.17) is 4.98 Å². The highest BCUT2D eigenvalue weighted by Gasteiger charge is 2.33. The molecule has 0 saturated carbocycles. The van der Waals surface area contributed by atoms with Crippen LogP contribution >= 0.6 is 11.8 Å². The molecule has 1 aliphatic heterocycles. The quantitative estimate of drug-likeness (QED) is 0.172. The maximum absolute atomic E-state index is 4.93. The third-order valence-corrected chi connectivity index (χ3v) is 8.73. The second kappa shape index (κ2) is 8.30. The molecule has 2 nitrogen and oxygen atoms in total. The third-order valence-electron chi connectivity index (χ3n) is 7.53. The molecule has 0 bridgehead atoms. The summed E-state index contributed by atoms with van der Waals surface area (Å²) in [5.41, 5.74) is 8.43. The molecule has 5 aromatic rings. The van der Waals surface area contributed by atoms with Crippen molar-refractivity contribution in [2.75, 3.05) is 0 Å². The van der Waals surface area contributed by atoms with Gasteiger partial charge in [0.25, 0.3) is 0 Å². The van der Waals surface area contributed by atoms with Crippen molar-refractivity contribution in [3.63, 3.8) is 0 Å². The lowest BCUT2D eigenvalue weighted by atomic mass is 9.84. The molecule has 0 saturated heterocycles. The van der Waals surface area contributed by atoms with Gasteiger partial charge < -0.3 is 0 Å². The summed E-state index contributed by atoms with van der Waals surface area (Å²) in [4.78, 5) is 7.67. The van der Waals surface area contributed by atoms with Gasteiger partial charge >= 0.3 is 0 Å². The van der Waals surface area contributed by atoms with Crippen LogP contribution in [0.2, 0.25) is 0 Å². The van der Waals surface area contributed by atoms with Gasteiger partial charge in [-0.15, -0.1) is 0 Å². The third kappa shape index (κ3) is 4.12. The minimum atomic E-state index is 0.162. The Morgan fingerprint density at radius 3 is 2.35 bits per heavy atom. The van der Waals surface area contributed by atoms with Gasteiger partial charge in [-0.25, -0.2) is 4.57 Å². The SMILES string of the molecule is Cc1c2c(c(CC(C)(C)C)c3ncccc13)Sc1cc3ccc(CC(C)(C)C)cc3c3cc[n+](C)c-2c13. The zero-order valence-corrected chi connectivity index (χ0v) is 24.2. The van der Waals surface area contributed by atoms with Crippen LogP contribution < -0.4 is 4.57 Å². The van der Waals surface area contributed by atoms with E-state index in [9.17, 15) is 0 Å². The first kappa shape index (κ1) is 24.4. The van der Waals surface area contributed by atoms with Crippen molar-refractivity contribution >= 4 is 44.2 Å². The van der Waals surface area contributed by atoms with Crippen molar-refractivity contribution in [1.82, 2.24) is 4.98 Å². The Morgan fingerprint density at radius 1 is 0.865 bits per heavy atom. The summed E-state index contributed by atoms with van der Waals surface area (Å²) in [5, 5.41) is 6.70. The monoisotopic (exact) mass is 505 g/mol. The van der Waals surface area contributed by atoms with Crippen LogP contribution in [0.25, 0.3) is 43.7 Å². The summed E-state index contributed by atoms with van der Waals surface area (Å²) in [7, 11) is 2.20. The fourth-order valence-electron chi connectivity index (χ4n) is 6.12. The van der Waals surface area contributed by atoms with E-state index in [1.807, 2.05) is 18.0 Å². The summed E-state index contributed by atoms with van der Waals surface area (Å²) in [6.07, 6.45) is 6.28. The number of aryl methyl sites for hydroxylation is 2. The van der Waals surface area contributed by atoms with Crippen molar-refractivity contribution in [3.05, 3.63) is 71.5 Å². The van der Waals surface area contributed by atoms with E-state index in [1.165, 1.54) is 64.7 Å². The first-order valence-corrected chi connectivity index (χ1v) is 14.2. The molecule has 3 heteroatoms. The lowest BCUT2D eigenvalue weighted by molar-refractivity contribution is -0.659. The average Bonchev–Trinajstić information content (AvgIpc) is 2.81. The standard InChI is InChI=1S/C34H37N2S/c1-20-23-10-9-14-35-30(23)26(19-34(5,6)7)32-28(20)31-29-24(13-15-36(31)8)25-16-21(18-33(2,3)4)11-12-22(25)17-27(29)37-32/h9-17H,18-19H2,1-8H3/q+1. The molecule has 0 spiro atoms. The highest BCUT2D eigenvalue weighted by molar-refractivity contribution is 8.00. The molecular weight excluding hydrogens is 468 g/mol. The second-order valence-corrected chi connectivity index (χ2v) is 14.3. The molecule has 0 atom stereocenters. The largest absolute Gasteiger partial charge is 0.256 e. The minimum Gasteiger partial charge on any atom is -0.256 e. The first-order chi connectivity index (χ1) is 17.4. The lowest BCUT2D eigenvalue weighted by Gasteiger charge is -2.27. The molecule has 6 rings (SSSR count). The molecule has 0 radical (unpaired) electrons. The normalized spacial score (nSPS) is 13.5. The van der Waals surface area contributed by atoms with E-state index in [1.54, 1.807) is 0 Å². The Morgan fingerprint density at radius 2 is 1.62 bits per heavy atom. The first-order valence-electron chi connectivity index (χ1n) is 13.4. The zero-order chi connectivity index (χ0) is 26.3. The van der Waals surface area contributed by atoms with Crippen molar-refractivity contribution in [1.29, 1.82) is 0 Å². The fourth-order valence-corrected chi connectivity index (χ4v) is 7.47. The molecule has 0 aliphatic carbocycles. The number of aromatic nitrogens is 2. The Balaban J connectivity index is 1.72. The molecule has 0 unspecified atom stereocenters. The molecule has 0 N–H and O–H groups in total. The van der Waals surface area contributed by atoms with Crippen LogP contribution in [0.15, 0.2) is 64.6 Å². The van der Waals surface area contributed by atoms with Crippen LogP contribution in [0.3, 0.4) is 0 Å². The van der Waals surface area contributed by atoms with Crippen molar-refractivity contribution in [3.8, 4) is 11.3 Å². The summed E-state index contributed by atoms with van der Waals surface area (Å²) < 4.78 is 2.34. The van der Waals surface area contributed by atoms with Crippen LogP contribution in [0.4, 0.5) is 0 Å². The van der Waals surface area contributed by atoms with Gasteiger partial charge in [0.1, 0.15) is 7.05 Å². The Bertz CT molecular complexity index is 1730. The minimum absolute atomic E-state index is 0.162. The topological polar surface area (TPSA) is 16.8 Å². The van der Waals surface area contributed by atoms with Gasteiger partial charge in [0.2, 0.25) is 5.69 Å². The van der Waals surface area contributed by atoms with Gasteiger partial charge in [-0.3, -0.25) is 4.98 Å². The average molecular weight is 506 g/mol. The van der Waals surface area contributed by atoms with Gasteiger partial charge in [0.05, 0.1) is 16.5 Å². The van der Waals surface area contributed by atoms with Crippen LogP contribution in [0.1, 0.15) is 58.2 Å². The Kier molecular flexibility index (Phi) is 5.48. The van der Waals surface area contributed by atoms with Crippen molar-refractivity contribution in [2.24, 2.45) is 17.9 Å². The van der Waals surface area contributed by atoms with Crippen LogP contribution in [0.5, 0.6) is 0 Å². The van der Waals surface area contributed by atoms with Crippen molar-refractivity contribution < 1.29 is 4.57 Å². The van der Waals surface area contributed by atoms with Gasteiger partial charge in [0.15, 0.2) is 6.20 Å². The maximum Gasteiger partial charge on any atom is 0.222 e. The van der Waals surface area contributed by atoms with Crippen molar-refractivity contribution in [2.45, 2.75) is 71.1 Å². The van der Waals surface area contributed by atoms with Crippen LogP contribution in [0, 0.1) is 17.8 Å². The van der Waals surface area contributed by atoms with E-state index in [0.717, 1.165) is 18.4 Å². The van der Waals surface area contributed by atoms with Gasteiger partial charge in [-0.2, -0.15) is 0 Å². The number of pyridine rings is 2. The number of benzene rings is 3. The lowest BCUT2D eigenvalue weighted by Crippen LogP contribution is -2.32. The smallest absolute Gasteiger partial charge is 0.222 e. The molecule has 1 aliphatic rings. The molecule has 3 aromatic carbocycles. The van der Waals surface area contributed by atoms with E-state index in [0.29, 0.717) is 0 Å². The van der Waals surface area contributed by atoms with Gasteiger partial charge in [0, 0.05) is 32.8 Å². The van der Waals surface area contributed by atoms with E-state index in [-0.39, 0.29) is 10.8 Å². The summed E-state index contributed by atoms with van der Waals surface area (Å²) in [6.45, 7) is 16.2. The molecule has 37 heavy (non-hydrogen) atoms. The highest BCUT2D eigenvalue weighted by Crippen LogP contribution is 2.53. The molecule has 0 fully saturated rings. The van der Waals surface area contributed by atoms with E-state index < -0.39 is 0 Å². The van der Waals surface area contributed by atoms with Gasteiger partial charge in [-0.1, -0.05) is 77.6 Å². The fraction of sp³-hybridized carbons (Fsp3) is 0.353. The number of nitrogens with zero attached hydrogens (tertiary/aromatic N) is 2. The summed E-state index contributed by atoms with van der Waals surface area (Å²) in [6, 6.07) is 16.2. The Labute approximate surface area is 225 Å². The number of hydrogen-bond donors (Lipinski definition) is 0. The highest BCUT2D eigenvalue weighted by atomic mass is 32.2. The number of fused-ring (bicyclic) bond motifs is 5. The summed E-state index contributed by atoms with van der Waals surface area (Å²) >= 11 is 1.96. The molecule has 2 aromatic heterocycles. The predicted octanol–water partition coefficient (Wildman–Crippen LogP) is 8.98. The Hall–Kier alpha value is -2.91. The number of hydrogen-bond acceptors (Lipinski definition) is 2. The van der Waals surface area contributed by atoms with E-state index in [2.05, 4.69) is 109 Å². The van der Waals surface area contributed by atoms with Gasteiger partial charge in [-0.05, 0) is 70.2 Å². The predicted molar refractivity (Wildman–Crippen MR) is 159 cm³/mol. The zero-order valence-electron chi connectivity index (χ0n) is 23.4. The number of rotatable bonds is 2. The molecule has 3 heterocycles. The van der Waals surface area contributed by atoms with E-state index >= 15 is 0 Å². The van der Waals surface area contributed by atoms with Crippen LogP contribution in [-0.2, 0) is 19.9 Å². The second-order valence-electron chi connectivity index (χ2n) is 13.3. The molecule has 0 amide bonds. The maximum atomic E-state index is 4.93. The summed E-state index contributed by atoms with van der Waals surface area (Å²) in [5.74, 6) is 0.